The molecular formula is C14H14N4O3. The van der Waals surface area contributed by atoms with Gasteiger partial charge in [0.2, 0.25) is 0 Å². The summed E-state index contributed by atoms with van der Waals surface area (Å²) in [6, 6.07) is 1.65. The maximum atomic E-state index is 12.3. The number of hydrogen-bond acceptors (Lipinski definition) is 4. The first-order valence-corrected chi connectivity index (χ1v) is 6.18. The minimum Gasteiger partial charge on any atom is -0.480 e. The van der Waals surface area contributed by atoms with Gasteiger partial charge >= 0.3 is 5.97 Å². The van der Waals surface area contributed by atoms with Crippen LogP contribution in [0.2, 0.25) is 0 Å². The highest BCUT2D eigenvalue weighted by Crippen LogP contribution is 2.17. The molecule has 0 radical (unpaired) electrons. The predicted molar refractivity (Wildman–Crippen MR) is 75.6 cm³/mol. The first-order chi connectivity index (χ1) is 9.93. The number of amides is 1. The lowest BCUT2D eigenvalue weighted by Crippen LogP contribution is -2.36. The Morgan fingerprint density at radius 1 is 1.52 bits per heavy atom. The molecule has 1 amide bonds. The van der Waals surface area contributed by atoms with Crippen molar-refractivity contribution in [2.24, 2.45) is 7.05 Å². The molecule has 7 nitrogen and oxygen atoms in total. The molecule has 2 heterocycles. The van der Waals surface area contributed by atoms with E-state index in [1.807, 2.05) is 6.92 Å². The molecule has 0 unspecified atom stereocenters. The van der Waals surface area contributed by atoms with Crippen molar-refractivity contribution in [1.82, 2.24) is 19.7 Å². The number of hydrogen-bond donors (Lipinski definition) is 1. The molecule has 0 fully saturated rings. The topological polar surface area (TPSA) is 88.3 Å². The Morgan fingerprint density at radius 3 is 2.86 bits per heavy atom. The SMILES string of the molecule is C#CCN(CC(=O)O)C(=O)c1cnc2c(c1)c(C)nn2C. The molecule has 2 aromatic heterocycles. The third kappa shape index (κ3) is 2.84. The maximum Gasteiger partial charge on any atom is 0.323 e. The van der Waals surface area contributed by atoms with Gasteiger partial charge in [0.05, 0.1) is 17.8 Å². The van der Waals surface area contributed by atoms with Crippen LogP contribution in [0.3, 0.4) is 0 Å². The van der Waals surface area contributed by atoms with Crippen molar-refractivity contribution < 1.29 is 14.7 Å². The maximum absolute atomic E-state index is 12.3. The Hall–Kier alpha value is -2.88. The van der Waals surface area contributed by atoms with Gasteiger partial charge in [-0.05, 0) is 13.0 Å². The molecule has 0 spiro atoms. The normalized spacial score (nSPS) is 10.3. The molecule has 108 valence electrons. The standard InChI is InChI=1S/C14H14N4O3/c1-4-5-18(8-12(19)20)14(21)10-6-11-9(2)16-17(3)13(11)15-7-10/h1,6-7H,5,8H2,2-3H3,(H,19,20). The molecule has 0 aromatic carbocycles. The number of carboxylic acids is 1. The number of carbonyl (C=O) groups is 2. The average molecular weight is 286 g/mol. The second kappa shape index (κ2) is 5.63. The van der Waals surface area contributed by atoms with Crippen molar-refractivity contribution in [1.29, 1.82) is 0 Å². The molecule has 0 aliphatic rings. The van der Waals surface area contributed by atoms with Crippen LogP contribution in [-0.4, -0.2) is 49.7 Å². The molecule has 2 rings (SSSR count). The van der Waals surface area contributed by atoms with Gasteiger partial charge in [0.1, 0.15) is 6.54 Å². The number of aliphatic carboxylic acids is 1. The lowest BCUT2D eigenvalue weighted by Gasteiger charge is -2.17. The van der Waals surface area contributed by atoms with Crippen LogP contribution < -0.4 is 0 Å². The molecular weight excluding hydrogens is 272 g/mol. The van der Waals surface area contributed by atoms with Crippen molar-refractivity contribution in [2.75, 3.05) is 13.1 Å². The molecule has 21 heavy (non-hydrogen) atoms. The van der Waals surface area contributed by atoms with Gasteiger partial charge in [-0.2, -0.15) is 5.10 Å². The van der Waals surface area contributed by atoms with Crippen molar-refractivity contribution in [3.8, 4) is 12.3 Å². The third-order valence-electron chi connectivity index (χ3n) is 3.01. The Bertz CT molecular complexity index is 757. The van der Waals surface area contributed by atoms with E-state index in [9.17, 15) is 9.59 Å². The highest BCUT2D eigenvalue weighted by atomic mass is 16.4. The largest absolute Gasteiger partial charge is 0.480 e. The zero-order valence-corrected chi connectivity index (χ0v) is 11.7. The van der Waals surface area contributed by atoms with Gasteiger partial charge in [-0.25, -0.2) is 4.98 Å². The summed E-state index contributed by atoms with van der Waals surface area (Å²) in [6.07, 6.45) is 6.57. The molecule has 0 atom stereocenters. The summed E-state index contributed by atoms with van der Waals surface area (Å²) in [6.45, 7) is 1.29. The summed E-state index contributed by atoms with van der Waals surface area (Å²) in [7, 11) is 1.76. The van der Waals surface area contributed by atoms with Crippen LogP contribution in [0, 0.1) is 19.3 Å². The van der Waals surface area contributed by atoms with Crippen molar-refractivity contribution in [2.45, 2.75) is 6.92 Å². The minimum atomic E-state index is -1.12. The second-order valence-corrected chi connectivity index (χ2v) is 4.56. The quantitative estimate of drug-likeness (QED) is 0.824. The van der Waals surface area contributed by atoms with Crippen LogP contribution in [0.5, 0.6) is 0 Å². The van der Waals surface area contributed by atoms with Gasteiger partial charge in [0.15, 0.2) is 5.65 Å². The zero-order chi connectivity index (χ0) is 15.6. The van der Waals surface area contributed by atoms with Gasteiger partial charge in [0, 0.05) is 18.6 Å². The number of rotatable bonds is 4. The summed E-state index contributed by atoms with van der Waals surface area (Å²) >= 11 is 0. The monoisotopic (exact) mass is 286 g/mol. The van der Waals surface area contributed by atoms with E-state index in [4.69, 9.17) is 11.5 Å². The Kier molecular flexibility index (Phi) is 3.89. The summed E-state index contributed by atoms with van der Waals surface area (Å²) in [5, 5.41) is 13.8. The number of terminal acetylenes is 1. The fraction of sp³-hybridized carbons (Fsp3) is 0.286. The number of carboxylic acid groups (broad SMARTS) is 1. The van der Waals surface area contributed by atoms with Crippen molar-refractivity contribution >= 4 is 22.9 Å². The highest BCUT2D eigenvalue weighted by molar-refractivity contribution is 5.98. The average Bonchev–Trinajstić information content (AvgIpc) is 2.72. The molecule has 0 saturated heterocycles. The molecule has 0 saturated carbocycles. The molecule has 2 aromatic rings. The third-order valence-corrected chi connectivity index (χ3v) is 3.01. The number of aromatic nitrogens is 3. The van der Waals surface area contributed by atoms with Crippen LogP contribution >= 0.6 is 0 Å². The van der Waals surface area contributed by atoms with E-state index in [1.54, 1.807) is 17.8 Å². The number of carbonyl (C=O) groups excluding carboxylic acids is 1. The lowest BCUT2D eigenvalue weighted by molar-refractivity contribution is -0.137. The molecule has 0 aliphatic heterocycles. The van der Waals surface area contributed by atoms with E-state index in [2.05, 4.69) is 16.0 Å². The fourth-order valence-electron chi connectivity index (χ4n) is 2.08. The Balaban J connectivity index is 2.40. The van der Waals surface area contributed by atoms with Crippen molar-refractivity contribution in [3.05, 3.63) is 23.5 Å². The lowest BCUT2D eigenvalue weighted by atomic mass is 10.2. The smallest absolute Gasteiger partial charge is 0.323 e. The van der Waals surface area contributed by atoms with Gasteiger partial charge in [-0.3, -0.25) is 14.3 Å². The van der Waals surface area contributed by atoms with Crippen LogP contribution in [0.25, 0.3) is 11.0 Å². The highest BCUT2D eigenvalue weighted by Gasteiger charge is 2.19. The van der Waals surface area contributed by atoms with Gasteiger partial charge < -0.3 is 10.0 Å². The van der Waals surface area contributed by atoms with Crippen LogP contribution in [0.1, 0.15) is 16.1 Å². The Labute approximate surface area is 121 Å². The van der Waals surface area contributed by atoms with E-state index in [0.717, 1.165) is 16.0 Å². The van der Waals surface area contributed by atoms with Crippen LogP contribution in [0.4, 0.5) is 0 Å². The minimum absolute atomic E-state index is 0.0742. The van der Waals surface area contributed by atoms with E-state index < -0.39 is 18.4 Å². The number of pyridine rings is 1. The fourth-order valence-corrected chi connectivity index (χ4v) is 2.08. The number of fused-ring (bicyclic) bond motifs is 1. The van der Waals surface area contributed by atoms with E-state index in [0.29, 0.717) is 5.65 Å². The molecule has 1 N–H and O–H groups in total. The summed E-state index contributed by atoms with van der Waals surface area (Å²) in [4.78, 5) is 28.4. The van der Waals surface area contributed by atoms with Gasteiger partial charge in [-0.1, -0.05) is 5.92 Å². The van der Waals surface area contributed by atoms with Crippen molar-refractivity contribution in [3.63, 3.8) is 0 Å². The molecule has 0 aliphatic carbocycles. The number of aryl methyl sites for hydroxylation is 2. The molecule has 0 bridgehead atoms. The number of nitrogens with zero attached hydrogens (tertiary/aromatic N) is 4. The summed E-state index contributed by atoms with van der Waals surface area (Å²) in [5.41, 5.74) is 1.69. The second-order valence-electron chi connectivity index (χ2n) is 4.56. The van der Waals surface area contributed by atoms with Crippen LogP contribution in [-0.2, 0) is 11.8 Å². The summed E-state index contributed by atoms with van der Waals surface area (Å²) < 4.78 is 1.62. The summed E-state index contributed by atoms with van der Waals surface area (Å²) in [5.74, 6) is 0.696. The molecule has 7 heteroatoms. The van der Waals surface area contributed by atoms with Crippen LogP contribution in [0.15, 0.2) is 12.3 Å². The van der Waals surface area contributed by atoms with E-state index >= 15 is 0 Å². The first-order valence-electron chi connectivity index (χ1n) is 6.18. The first kappa shape index (κ1) is 14.5. The predicted octanol–water partition coefficient (Wildman–Crippen LogP) is 0.437. The van der Waals surface area contributed by atoms with E-state index in [-0.39, 0.29) is 12.1 Å². The zero-order valence-electron chi connectivity index (χ0n) is 11.7. The van der Waals surface area contributed by atoms with Gasteiger partial charge in [0.25, 0.3) is 5.91 Å². The Morgan fingerprint density at radius 2 is 2.24 bits per heavy atom. The van der Waals surface area contributed by atoms with Gasteiger partial charge in [-0.15, -0.1) is 6.42 Å². The van der Waals surface area contributed by atoms with E-state index in [1.165, 1.54) is 6.20 Å².